The summed E-state index contributed by atoms with van der Waals surface area (Å²) >= 11 is 7.58. The zero-order valence-corrected chi connectivity index (χ0v) is 10.4. The fraction of sp³-hybridized carbons (Fsp3) is 0.417. The lowest BCUT2D eigenvalue weighted by Gasteiger charge is -2.41. The van der Waals surface area contributed by atoms with E-state index in [9.17, 15) is 0 Å². The maximum atomic E-state index is 6.05. The van der Waals surface area contributed by atoms with E-state index in [0.717, 1.165) is 10.5 Å². The molecule has 1 N–H and O–H groups in total. The molecule has 0 amide bonds. The van der Waals surface area contributed by atoms with Crippen molar-refractivity contribution in [3.63, 3.8) is 0 Å². The average Bonchev–Trinajstić information content (AvgIpc) is 2.67. The zero-order valence-electron chi connectivity index (χ0n) is 8.87. The molecule has 0 spiro atoms. The normalized spacial score (nSPS) is 18.3. The van der Waals surface area contributed by atoms with Crippen LogP contribution in [-0.2, 0) is 0 Å². The number of alkyl halides is 1. The van der Waals surface area contributed by atoms with Gasteiger partial charge in [0, 0.05) is 11.3 Å². The minimum absolute atomic E-state index is 0.122. The summed E-state index contributed by atoms with van der Waals surface area (Å²) in [6, 6.07) is 8.23. The first kappa shape index (κ1) is 10.4. The summed E-state index contributed by atoms with van der Waals surface area (Å²) in [5.41, 5.74) is 1.19. The van der Waals surface area contributed by atoms with Gasteiger partial charge in [-0.05, 0) is 42.9 Å². The standard InChI is InChI=1S/C12H13ClN2S/c13-8-12(6-3-7-12)14-11-9-4-1-2-5-10(9)15-16-11/h1-2,4-5,14H,3,6-8H2. The molecule has 1 aliphatic rings. The van der Waals surface area contributed by atoms with Gasteiger partial charge in [-0.15, -0.1) is 11.6 Å². The molecule has 0 atom stereocenters. The lowest BCUT2D eigenvalue weighted by atomic mass is 9.78. The van der Waals surface area contributed by atoms with Crippen molar-refractivity contribution in [2.24, 2.45) is 0 Å². The average molecular weight is 253 g/mol. The van der Waals surface area contributed by atoms with Gasteiger partial charge >= 0.3 is 0 Å². The Morgan fingerprint density at radius 1 is 1.38 bits per heavy atom. The highest BCUT2D eigenvalue weighted by molar-refractivity contribution is 7.11. The van der Waals surface area contributed by atoms with Gasteiger partial charge in [-0.1, -0.05) is 12.1 Å². The molecule has 1 saturated carbocycles. The van der Waals surface area contributed by atoms with Crippen molar-refractivity contribution >= 4 is 39.0 Å². The summed E-state index contributed by atoms with van der Waals surface area (Å²) in [6.45, 7) is 0. The second-order valence-corrected chi connectivity index (χ2v) is 5.46. The van der Waals surface area contributed by atoms with E-state index in [0.29, 0.717) is 5.88 Å². The Bertz CT molecular complexity index is 499. The zero-order chi connectivity index (χ0) is 11.0. The predicted octanol–water partition coefficient (Wildman–Crippen LogP) is 3.87. The van der Waals surface area contributed by atoms with E-state index in [-0.39, 0.29) is 5.54 Å². The van der Waals surface area contributed by atoms with E-state index in [2.05, 4.69) is 21.8 Å². The Hall–Kier alpha value is -0.800. The molecular weight excluding hydrogens is 240 g/mol. The maximum Gasteiger partial charge on any atom is 0.117 e. The summed E-state index contributed by atoms with van der Waals surface area (Å²) in [4.78, 5) is 0. The van der Waals surface area contributed by atoms with Gasteiger partial charge in [-0.2, -0.15) is 4.37 Å². The topological polar surface area (TPSA) is 24.9 Å². The van der Waals surface area contributed by atoms with Crippen molar-refractivity contribution in [1.82, 2.24) is 4.37 Å². The largest absolute Gasteiger partial charge is 0.369 e. The van der Waals surface area contributed by atoms with Gasteiger partial charge in [-0.25, -0.2) is 0 Å². The minimum atomic E-state index is 0.122. The molecule has 1 aliphatic carbocycles. The SMILES string of the molecule is ClCC1(Nc2snc3ccccc23)CCC1. The molecule has 16 heavy (non-hydrogen) atoms. The fourth-order valence-electron chi connectivity index (χ4n) is 2.12. The third-order valence-corrected chi connectivity index (χ3v) is 4.63. The second-order valence-electron chi connectivity index (χ2n) is 4.42. The van der Waals surface area contributed by atoms with Crippen LogP contribution in [0.1, 0.15) is 19.3 Å². The Labute approximate surface area is 104 Å². The number of hydrogen-bond acceptors (Lipinski definition) is 3. The van der Waals surface area contributed by atoms with E-state index in [1.54, 1.807) is 0 Å². The molecule has 1 fully saturated rings. The van der Waals surface area contributed by atoms with E-state index < -0.39 is 0 Å². The van der Waals surface area contributed by atoms with Crippen LogP contribution in [0.25, 0.3) is 10.9 Å². The summed E-state index contributed by atoms with van der Waals surface area (Å²) in [5.74, 6) is 0.680. The Balaban J connectivity index is 1.94. The number of fused-ring (bicyclic) bond motifs is 1. The molecule has 0 aliphatic heterocycles. The van der Waals surface area contributed by atoms with Crippen LogP contribution in [0.2, 0.25) is 0 Å². The Kier molecular flexibility index (Phi) is 2.52. The number of anilines is 1. The number of rotatable bonds is 3. The molecule has 0 unspecified atom stereocenters. The number of nitrogens with zero attached hydrogens (tertiary/aromatic N) is 1. The van der Waals surface area contributed by atoms with E-state index >= 15 is 0 Å². The van der Waals surface area contributed by atoms with Crippen LogP contribution in [0.5, 0.6) is 0 Å². The maximum absolute atomic E-state index is 6.05. The number of benzene rings is 1. The van der Waals surface area contributed by atoms with Crippen LogP contribution in [0.3, 0.4) is 0 Å². The van der Waals surface area contributed by atoms with Crippen molar-refractivity contribution < 1.29 is 0 Å². The first-order valence-corrected chi connectivity index (χ1v) is 6.82. The van der Waals surface area contributed by atoms with E-state index in [1.807, 2.05) is 12.1 Å². The molecule has 1 aromatic heterocycles. The fourth-order valence-corrected chi connectivity index (χ4v) is 3.33. The van der Waals surface area contributed by atoms with Crippen molar-refractivity contribution in [3.8, 4) is 0 Å². The van der Waals surface area contributed by atoms with Crippen LogP contribution in [-0.4, -0.2) is 15.8 Å². The minimum Gasteiger partial charge on any atom is -0.369 e. The molecule has 1 aromatic carbocycles. The summed E-state index contributed by atoms with van der Waals surface area (Å²) in [7, 11) is 0. The lowest BCUT2D eigenvalue weighted by Crippen LogP contribution is -2.46. The lowest BCUT2D eigenvalue weighted by molar-refractivity contribution is 0.312. The van der Waals surface area contributed by atoms with E-state index in [4.69, 9.17) is 11.6 Å². The molecule has 84 valence electrons. The smallest absolute Gasteiger partial charge is 0.117 e. The van der Waals surface area contributed by atoms with Gasteiger partial charge in [-0.3, -0.25) is 0 Å². The van der Waals surface area contributed by atoms with Crippen LogP contribution in [0.4, 0.5) is 5.00 Å². The molecule has 0 radical (unpaired) electrons. The first-order chi connectivity index (χ1) is 7.83. The molecule has 3 rings (SSSR count). The van der Waals surface area contributed by atoms with Gasteiger partial charge in [0.15, 0.2) is 0 Å². The van der Waals surface area contributed by atoms with Crippen LogP contribution < -0.4 is 5.32 Å². The highest BCUT2D eigenvalue weighted by Crippen LogP contribution is 2.39. The summed E-state index contributed by atoms with van der Waals surface area (Å²) in [5, 5.41) is 5.96. The molecule has 2 nitrogen and oxygen atoms in total. The van der Waals surface area contributed by atoms with Crippen molar-refractivity contribution in [2.45, 2.75) is 24.8 Å². The predicted molar refractivity (Wildman–Crippen MR) is 70.5 cm³/mol. The Morgan fingerprint density at radius 3 is 2.88 bits per heavy atom. The van der Waals surface area contributed by atoms with Crippen molar-refractivity contribution in [3.05, 3.63) is 24.3 Å². The highest BCUT2D eigenvalue weighted by atomic mass is 35.5. The third kappa shape index (κ3) is 1.59. The third-order valence-electron chi connectivity index (χ3n) is 3.33. The first-order valence-electron chi connectivity index (χ1n) is 5.52. The Morgan fingerprint density at radius 2 is 2.19 bits per heavy atom. The van der Waals surface area contributed by atoms with Gasteiger partial charge in [0.2, 0.25) is 0 Å². The molecule has 0 bridgehead atoms. The summed E-state index contributed by atoms with van der Waals surface area (Å²) in [6.07, 6.45) is 3.61. The van der Waals surface area contributed by atoms with Crippen molar-refractivity contribution in [2.75, 3.05) is 11.2 Å². The molecule has 2 aromatic rings. The van der Waals surface area contributed by atoms with Gasteiger partial charge in [0.1, 0.15) is 5.00 Å². The van der Waals surface area contributed by atoms with Gasteiger partial charge < -0.3 is 5.32 Å². The van der Waals surface area contributed by atoms with Gasteiger partial charge in [0.05, 0.1) is 11.1 Å². The highest BCUT2D eigenvalue weighted by Gasteiger charge is 2.36. The number of nitrogens with one attached hydrogen (secondary N) is 1. The van der Waals surface area contributed by atoms with Crippen LogP contribution >= 0.6 is 23.1 Å². The van der Waals surface area contributed by atoms with Crippen LogP contribution in [0.15, 0.2) is 24.3 Å². The number of halogens is 1. The van der Waals surface area contributed by atoms with E-state index in [1.165, 1.54) is 36.2 Å². The summed E-state index contributed by atoms with van der Waals surface area (Å²) < 4.78 is 4.43. The van der Waals surface area contributed by atoms with Crippen molar-refractivity contribution in [1.29, 1.82) is 0 Å². The van der Waals surface area contributed by atoms with Crippen LogP contribution in [0, 0.1) is 0 Å². The van der Waals surface area contributed by atoms with Gasteiger partial charge in [0.25, 0.3) is 0 Å². The second kappa shape index (κ2) is 3.90. The number of aromatic nitrogens is 1. The molecule has 1 heterocycles. The number of hydrogen-bond donors (Lipinski definition) is 1. The monoisotopic (exact) mass is 252 g/mol. The quantitative estimate of drug-likeness (QED) is 0.839. The molecule has 4 heteroatoms. The molecule has 0 saturated heterocycles. The molecular formula is C12H13ClN2S.